The van der Waals surface area contributed by atoms with E-state index < -0.39 is 0 Å². The van der Waals surface area contributed by atoms with Gasteiger partial charge in [-0.15, -0.1) is 21.5 Å². The largest absolute Gasteiger partial charge is 0.301 e. The summed E-state index contributed by atoms with van der Waals surface area (Å²) in [6, 6.07) is 16.0. The zero-order valence-electron chi connectivity index (χ0n) is 15.9. The molecule has 0 atom stereocenters. The Morgan fingerprint density at radius 2 is 1.97 bits per heavy atom. The summed E-state index contributed by atoms with van der Waals surface area (Å²) >= 11 is 2.71. The molecule has 5 rings (SSSR count). The molecule has 7 nitrogen and oxygen atoms in total. The van der Waals surface area contributed by atoms with Crippen LogP contribution in [-0.2, 0) is 4.79 Å². The Labute approximate surface area is 180 Å². The second-order valence-corrected chi connectivity index (χ2v) is 8.47. The van der Waals surface area contributed by atoms with Gasteiger partial charge in [-0.05, 0) is 19.1 Å². The van der Waals surface area contributed by atoms with Gasteiger partial charge < -0.3 is 5.32 Å². The van der Waals surface area contributed by atoms with Crippen LogP contribution in [0.15, 0.2) is 65.3 Å². The summed E-state index contributed by atoms with van der Waals surface area (Å²) in [6.07, 6.45) is 1.66. The van der Waals surface area contributed by atoms with Gasteiger partial charge in [0.2, 0.25) is 5.91 Å². The quantitative estimate of drug-likeness (QED) is 0.413. The van der Waals surface area contributed by atoms with E-state index in [1.807, 2.05) is 53.1 Å². The van der Waals surface area contributed by atoms with Gasteiger partial charge in [-0.25, -0.2) is 9.97 Å². The fourth-order valence-corrected chi connectivity index (χ4v) is 4.40. The molecule has 0 saturated heterocycles. The Kier molecular flexibility index (Phi) is 4.89. The average Bonchev–Trinajstić information content (AvgIpc) is 3.42. The summed E-state index contributed by atoms with van der Waals surface area (Å²) in [5, 5.41) is 15.5. The number of nitrogens with one attached hydrogen (secondary N) is 1. The molecule has 0 spiro atoms. The molecule has 0 unspecified atom stereocenters. The molecule has 0 radical (unpaired) electrons. The van der Waals surface area contributed by atoms with Gasteiger partial charge in [0.25, 0.3) is 0 Å². The minimum absolute atomic E-state index is 0.141. The van der Waals surface area contributed by atoms with E-state index in [1.54, 1.807) is 6.20 Å². The molecule has 0 fully saturated rings. The number of hydrogen-bond donors (Lipinski definition) is 1. The molecule has 0 aliphatic rings. The third kappa shape index (κ3) is 3.53. The van der Waals surface area contributed by atoms with Gasteiger partial charge in [-0.3, -0.25) is 9.20 Å². The first-order valence-corrected chi connectivity index (χ1v) is 11.1. The van der Waals surface area contributed by atoms with Gasteiger partial charge in [-0.1, -0.05) is 53.7 Å². The van der Waals surface area contributed by atoms with Crippen LogP contribution in [0.1, 0.15) is 5.56 Å². The minimum Gasteiger partial charge on any atom is -0.301 e. The third-order valence-corrected chi connectivity index (χ3v) is 6.15. The molecule has 2 aromatic carbocycles. The Morgan fingerprint density at radius 3 is 2.77 bits per heavy atom. The number of fused-ring (bicyclic) bond motifs is 3. The van der Waals surface area contributed by atoms with Crippen molar-refractivity contribution in [3.63, 3.8) is 0 Å². The van der Waals surface area contributed by atoms with E-state index in [4.69, 9.17) is 4.98 Å². The molecule has 0 bridgehead atoms. The van der Waals surface area contributed by atoms with E-state index in [0.29, 0.717) is 10.3 Å². The van der Waals surface area contributed by atoms with Crippen LogP contribution in [0.2, 0.25) is 0 Å². The lowest BCUT2D eigenvalue weighted by Crippen LogP contribution is -2.14. The second kappa shape index (κ2) is 7.85. The number of amides is 1. The smallest absolute Gasteiger partial charge is 0.236 e. The predicted octanol–water partition coefficient (Wildman–Crippen LogP) is 4.44. The van der Waals surface area contributed by atoms with E-state index in [9.17, 15) is 4.79 Å². The Balaban J connectivity index is 1.56. The monoisotopic (exact) mass is 432 g/mol. The van der Waals surface area contributed by atoms with E-state index >= 15 is 0 Å². The molecule has 30 heavy (non-hydrogen) atoms. The zero-order valence-corrected chi connectivity index (χ0v) is 17.6. The highest BCUT2D eigenvalue weighted by Gasteiger charge is 2.17. The number of carbonyl (C=O) groups is 1. The molecule has 5 aromatic rings. The number of nitrogens with zero attached hydrogens (tertiary/aromatic N) is 5. The Bertz CT molecular complexity index is 1350. The highest BCUT2D eigenvalue weighted by atomic mass is 32.2. The van der Waals surface area contributed by atoms with Crippen molar-refractivity contribution >= 4 is 50.7 Å². The second-order valence-electron chi connectivity index (χ2n) is 6.63. The summed E-state index contributed by atoms with van der Waals surface area (Å²) < 4.78 is 1.92. The number of anilines is 1. The van der Waals surface area contributed by atoms with Crippen molar-refractivity contribution in [3.05, 3.63) is 65.7 Å². The molecular formula is C21H16N6OS2. The van der Waals surface area contributed by atoms with Gasteiger partial charge in [0.05, 0.1) is 11.3 Å². The number of carbonyl (C=O) groups excluding carboxylic acids is 1. The molecule has 0 aliphatic carbocycles. The molecule has 1 N–H and O–H groups in total. The zero-order chi connectivity index (χ0) is 20.5. The van der Waals surface area contributed by atoms with Crippen molar-refractivity contribution in [2.24, 2.45) is 0 Å². The highest BCUT2D eigenvalue weighted by Crippen LogP contribution is 2.29. The number of aryl methyl sites for hydroxylation is 1. The topological polar surface area (TPSA) is 85.1 Å². The first-order valence-electron chi connectivity index (χ1n) is 9.22. The summed E-state index contributed by atoms with van der Waals surface area (Å²) in [5.74, 6) is 0.800. The number of thiazole rings is 1. The van der Waals surface area contributed by atoms with Crippen molar-refractivity contribution in [3.8, 4) is 11.4 Å². The van der Waals surface area contributed by atoms with E-state index in [0.717, 1.165) is 27.9 Å². The third-order valence-electron chi connectivity index (χ3n) is 4.54. The van der Waals surface area contributed by atoms with Gasteiger partial charge in [0.15, 0.2) is 15.9 Å². The lowest BCUT2D eigenvalue weighted by molar-refractivity contribution is -0.113. The van der Waals surface area contributed by atoms with E-state index in [-0.39, 0.29) is 11.7 Å². The lowest BCUT2D eigenvalue weighted by atomic mass is 10.1. The average molecular weight is 433 g/mol. The lowest BCUT2D eigenvalue weighted by Gasteiger charge is -2.10. The van der Waals surface area contributed by atoms with Crippen LogP contribution < -0.4 is 5.32 Å². The molecule has 1 amide bonds. The molecule has 9 heteroatoms. The number of aromatic nitrogens is 5. The predicted molar refractivity (Wildman–Crippen MR) is 120 cm³/mol. The first-order chi connectivity index (χ1) is 14.7. The van der Waals surface area contributed by atoms with Crippen LogP contribution >= 0.6 is 23.1 Å². The fourth-order valence-electron chi connectivity index (χ4n) is 3.12. The standard InChI is InChI=1S/C21H16N6OS2/c1-13-6-8-14(9-7-13)18-23-16-5-3-2-4-15(16)19-25-26-21(27(18)19)30-12-17(28)24-20-22-10-11-29-20/h2-11H,12H2,1H3,(H,22,24,28). The van der Waals surface area contributed by atoms with E-state index in [1.165, 1.54) is 28.7 Å². The van der Waals surface area contributed by atoms with Crippen molar-refractivity contribution < 1.29 is 4.79 Å². The molecule has 0 aliphatic heterocycles. The summed E-state index contributed by atoms with van der Waals surface area (Å²) in [4.78, 5) is 21.3. The molecule has 0 saturated carbocycles. The van der Waals surface area contributed by atoms with Crippen LogP contribution in [0, 0.1) is 6.92 Å². The van der Waals surface area contributed by atoms with Crippen LogP contribution in [0.4, 0.5) is 5.13 Å². The maximum atomic E-state index is 12.3. The van der Waals surface area contributed by atoms with Crippen molar-refractivity contribution in [2.45, 2.75) is 12.1 Å². The number of hydrogen-bond acceptors (Lipinski definition) is 7. The number of benzene rings is 2. The van der Waals surface area contributed by atoms with Crippen molar-refractivity contribution in [1.29, 1.82) is 0 Å². The van der Waals surface area contributed by atoms with Crippen molar-refractivity contribution in [1.82, 2.24) is 24.6 Å². The maximum Gasteiger partial charge on any atom is 0.236 e. The van der Waals surface area contributed by atoms with Crippen molar-refractivity contribution in [2.75, 3.05) is 11.1 Å². The molecule has 3 aromatic heterocycles. The summed E-state index contributed by atoms with van der Waals surface area (Å²) in [7, 11) is 0. The summed E-state index contributed by atoms with van der Waals surface area (Å²) in [6.45, 7) is 2.05. The van der Waals surface area contributed by atoms with Crippen LogP contribution in [-0.4, -0.2) is 36.2 Å². The van der Waals surface area contributed by atoms with Crippen LogP contribution in [0.5, 0.6) is 0 Å². The Morgan fingerprint density at radius 1 is 1.13 bits per heavy atom. The van der Waals surface area contributed by atoms with Gasteiger partial charge in [0.1, 0.15) is 5.82 Å². The highest BCUT2D eigenvalue weighted by molar-refractivity contribution is 7.99. The number of para-hydroxylation sites is 1. The molecule has 3 heterocycles. The van der Waals surface area contributed by atoms with Gasteiger partial charge >= 0.3 is 0 Å². The molecule has 148 valence electrons. The minimum atomic E-state index is -0.141. The molecular weight excluding hydrogens is 416 g/mol. The van der Waals surface area contributed by atoms with Gasteiger partial charge in [0, 0.05) is 22.5 Å². The van der Waals surface area contributed by atoms with Crippen LogP contribution in [0.3, 0.4) is 0 Å². The SMILES string of the molecule is Cc1ccc(-c2nc3ccccc3c3nnc(SCC(=O)Nc4nccs4)n23)cc1. The number of rotatable bonds is 5. The fraction of sp³-hybridized carbons (Fsp3) is 0.0952. The van der Waals surface area contributed by atoms with E-state index in [2.05, 4.69) is 32.6 Å². The van der Waals surface area contributed by atoms with Crippen LogP contribution in [0.25, 0.3) is 27.9 Å². The first kappa shape index (κ1) is 18.7. The summed E-state index contributed by atoms with van der Waals surface area (Å²) in [5.41, 5.74) is 3.71. The normalized spacial score (nSPS) is 11.2. The maximum absolute atomic E-state index is 12.3. The van der Waals surface area contributed by atoms with Gasteiger partial charge in [-0.2, -0.15) is 0 Å². The number of thioether (sulfide) groups is 1. The Hall–Kier alpha value is -3.30.